The number of methoxy groups -OCH3 is 1. The van der Waals surface area contributed by atoms with E-state index in [1.807, 2.05) is 6.07 Å². The summed E-state index contributed by atoms with van der Waals surface area (Å²) >= 11 is 3.37. The summed E-state index contributed by atoms with van der Waals surface area (Å²) in [6.07, 6.45) is 0.230. The van der Waals surface area contributed by atoms with E-state index in [9.17, 15) is 8.42 Å². The fraction of sp³-hybridized carbons (Fsp3) is 0.500. The Morgan fingerprint density at radius 2 is 1.95 bits per heavy atom. The number of nitrogens with zero attached hydrogens (tertiary/aromatic N) is 2. The van der Waals surface area contributed by atoms with Gasteiger partial charge in [-0.1, -0.05) is 15.9 Å². The van der Waals surface area contributed by atoms with Crippen molar-refractivity contribution in [3.05, 3.63) is 22.7 Å². The van der Waals surface area contributed by atoms with E-state index >= 15 is 0 Å². The molecule has 1 aliphatic rings. The predicted octanol–water partition coefficient (Wildman–Crippen LogP) is 1.53. The quantitative estimate of drug-likeness (QED) is 0.827. The maximum absolute atomic E-state index is 12.1. The minimum absolute atomic E-state index is 0.230. The molecule has 0 aromatic heterocycles. The number of rotatable bonds is 4. The average molecular weight is 349 g/mol. The third-order valence-electron chi connectivity index (χ3n) is 3.18. The van der Waals surface area contributed by atoms with Crippen LogP contribution in [0.2, 0.25) is 0 Å². The molecular weight excluding hydrogens is 332 g/mol. The molecule has 0 N–H and O–H groups in total. The van der Waals surface area contributed by atoms with Crippen LogP contribution < -0.4 is 4.90 Å². The van der Waals surface area contributed by atoms with Crippen LogP contribution in [0.5, 0.6) is 0 Å². The molecule has 0 bridgehead atoms. The molecule has 0 spiro atoms. The second kappa shape index (κ2) is 5.40. The maximum Gasteiger partial charge on any atom is 0.242 e. The largest absolute Gasteiger partial charge is 0.378 e. The van der Waals surface area contributed by atoms with Crippen LogP contribution >= 0.6 is 15.9 Å². The van der Waals surface area contributed by atoms with Crippen molar-refractivity contribution in [2.75, 3.05) is 39.2 Å². The van der Waals surface area contributed by atoms with Crippen molar-refractivity contribution in [2.45, 2.75) is 11.0 Å². The van der Waals surface area contributed by atoms with Gasteiger partial charge in [0, 0.05) is 44.5 Å². The summed E-state index contributed by atoms with van der Waals surface area (Å²) in [6, 6.07) is 5.24. The number of hydrogen-bond acceptors (Lipinski definition) is 4. The Morgan fingerprint density at radius 3 is 2.47 bits per heavy atom. The molecule has 1 saturated heterocycles. The Hall–Kier alpha value is -0.630. The van der Waals surface area contributed by atoms with Crippen molar-refractivity contribution < 1.29 is 13.2 Å². The van der Waals surface area contributed by atoms with Gasteiger partial charge >= 0.3 is 0 Å². The second-order valence-electron chi connectivity index (χ2n) is 4.70. The van der Waals surface area contributed by atoms with Crippen molar-refractivity contribution in [1.29, 1.82) is 0 Å². The van der Waals surface area contributed by atoms with Gasteiger partial charge in [0.1, 0.15) is 0 Å². The molecule has 19 heavy (non-hydrogen) atoms. The summed E-state index contributed by atoms with van der Waals surface area (Å²) in [5.74, 6) is 0. The molecule has 1 fully saturated rings. The van der Waals surface area contributed by atoms with Crippen LogP contribution in [0.25, 0.3) is 0 Å². The summed E-state index contributed by atoms with van der Waals surface area (Å²) < 4.78 is 31.5. The van der Waals surface area contributed by atoms with Crippen LogP contribution in [-0.2, 0) is 14.8 Å². The first-order valence-electron chi connectivity index (χ1n) is 5.85. The van der Waals surface area contributed by atoms with E-state index in [2.05, 4.69) is 20.8 Å². The highest BCUT2D eigenvalue weighted by Crippen LogP contribution is 2.29. The number of sulfonamides is 1. The first-order valence-corrected chi connectivity index (χ1v) is 8.09. The number of hydrogen-bond donors (Lipinski definition) is 0. The highest BCUT2D eigenvalue weighted by atomic mass is 79.9. The lowest BCUT2D eigenvalue weighted by molar-refractivity contribution is 0.0787. The minimum Gasteiger partial charge on any atom is -0.378 e. The molecule has 1 heterocycles. The standard InChI is InChI=1S/C12H17BrN2O3S/c1-14(2)19(16,17)12-5-9(13)4-10(6-12)15-7-11(8-15)18-3/h4-6,11H,7-8H2,1-3H3. The fourth-order valence-electron chi connectivity index (χ4n) is 1.89. The maximum atomic E-state index is 12.1. The zero-order valence-electron chi connectivity index (χ0n) is 11.1. The van der Waals surface area contributed by atoms with Crippen LogP contribution in [0.15, 0.2) is 27.6 Å². The number of halogens is 1. The molecule has 5 nitrogen and oxygen atoms in total. The van der Waals surface area contributed by atoms with Gasteiger partial charge in [0.15, 0.2) is 0 Å². The van der Waals surface area contributed by atoms with Crippen molar-refractivity contribution in [3.8, 4) is 0 Å². The molecule has 7 heteroatoms. The fourth-order valence-corrected chi connectivity index (χ4v) is 3.49. The van der Waals surface area contributed by atoms with Gasteiger partial charge < -0.3 is 9.64 Å². The van der Waals surface area contributed by atoms with Crippen molar-refractivity contribution >= 4 is 31.6 Å². The van der Waals surface area contributed by atoms with Gasteiger partial charge in [0.2, 0.25) is 10.0 Å². The van der Waals surface area contributed by atoms with E-state index in [0.717, 1.165) is 23.2 Å². The number of anilines is 1. The smallest absolute Gasteiger partial charge is 0.242 e. The Labute approximate surface area is 122 Å². The molecule has 106 valence electrons. The lowest BCUT2D eigenvalue weighted by Crippen LogP contribution is -2.51. The Kier molecular flexibility index (Phi) is 4.20. The van der Waals surface area contributed by atoms with Crippen LogP contribution in [0.4, 0.5) is 5.69 Å². The zero-order valence-corrected chi connectivity index (χ0v) is 13.5. The van der Waals surface area contributed by atoms with Crippen LogP contribution in [0, 0.1) is 0 Å². The lowest BCUT2D eigenvalue weighted by Gasteiger charge is -2.40. The molecule has 0 atom stereocenters. The molecule has 1 aromatic rings. The molecule has 1 aliphatic heterocycles. The summed E-state index contributed by atoms with van der Waals surface area (Å²) in [7, 11) is 1.33. The van der Waals surface area contributed by atoms with Crippen molar-refractivity contribution in [3.63, 3.8) is 0 Å². The third kappa shape index (κ3) is 2.94. The van der Waals surface area contributed by atoms with Gasteiger partial charge in [-0.25, -0.2) is 12.7 Å². The summed E-state index contributed by atoms with van der Waals surface area (Å²) in [6.45, 7) is 1.57. The first kappa shape index (κ1) is 14.8. The average Bonchev–Trinajstić information content (AvgIpc) is 2.26. The zero-order chi connectivity index (χ0) is 14.2. The molecule has 0 saturated carbocycles. The molecule has 0 unspecified atom stereocenters. The van der Waals surface area contributed by atoms with E-state index in [1.165, 1.54) is 18.4 Å². The number of benzene rings is 1. The third-order valence-corrected chi connectivity index (χ3v) is 5.43. The van der Waals surface area contributed by atoms with E-state index in [1.54, 1.807) is 19.2 Å². The molecular formula is C12H17BrN2O3S. The summed E-state index contributed by atoms with van der Waals surface area (Å²) in [4.78, 5) is 2.39. The highest BCUT2D eigenvalue weighted by molar-refractivity contribution is 9.10. The van der Waals surface area contributed by atoms with Gasteiger partial charge in [-0.15, -0.1) is 0 Å². The Bertz CT molecular complexity index is 568. The first-order chi connectivity index (χ1) is 8.84. The van der Waals surface area contributed by atoms with Gasteiger partial charge in [-0.05, 0) is 18.2 Å². The number of ether oxygens (including phenoxy) is 1. The van der Waals surface area contributed by atoms with Crippen molar-refractivity contribution in [1.82, 2.24) is 4.31 Å². The van der Waals surface area contributed by atoms with Crippen LogP contribution in [0.3, 0.4) is 0 Å². The van der Waals surface area contributed by atoms with Crippen LogP contribution in [0.1, 0.15) is 0 Å². The summed E-state index contributed by atoms with van der Waals surface area (Å²) in [5.41, 5.74) is 0.892. The monoisotopic (exact) mass is 348 g/mol. The normalized spacial score (nSPS) is 16.8. The lowest BCUT2D eigenvalue weighted by atomic mass is 10.1. The minimum atomic E-state index is -3.41. The van der Waals surface area contributed by atoms with Gasteiger partial charge in [-0.2, -0.15) is 0 Å². The molecule has 0 aliphatic carbocycles. The highest BCUT2D eigenvalue weighted by Gasteiger charge is 2.28. The second-order valence-corrected chi connectivity index (χ2v) is 7.76. The molecule has 1 aromatic carbocycles. The molecule has 0 amide bonds. The predicted molar refractivity (Wildman–Crippen MR) is 78.0 cm³/mol. The SMILES string of the molecule is COC1CN(c2cc(Br)cc(S(=O)(=O)N(C)C)c2)C1. The van der Waals surface area contributed by atoms with Gasteiger partial charge in [0.25, 0.3) is 0 Å². The van der Waals surface area contributed by atoms with Crippen LogP contribution in [-0.4, -0.2) is 53.1 Å². The van der Waals surface area contributed by atoms with Crippen molar-refractivity contribution in [2.24, 2.45) is 0 Å². The Balaban J connectivity index is 2.31. The van der Waals surface area contributed by atoms with E-state index in [4.69, 9.17) is 4.74 Å². The van der Waals surface area contributed by atoms with Gasteiger partial charge in [0.05, 0.1) is 11.0 Å². The van der Waals surface area contributed by atoms with E-state index < -0.39 is 10.0 Å². The van der Waals surface area contributed by atoms with E-state index in [-0.39, 0.29) is 6.10 Å². The molecule has 2 rings (SSSR count). The summed E-state index contributed by atoms with van der Waals surface area (Å²) in [5, 5.41) is 0. The van der Waals surface area contributed by atoms with E-state index in [0.29, 0.717) is 4.90 Å². The van der Waals surface area contributed by atoms with Gasteiger partial charge in [-0.3, -0.25) is 0 Å². The Morgan fingerprint density at radius 1 is 1.32 bits per heavy atom. The topological polar surface area (TPSA) is 49.9 Å². The molecule has 0 radical (unpaired) electrons.